The first-order valence-corrected chi connectivity index (χ1v) is 13.0. The van der Waals surface area contributed by atoms with Gasteiger partial charge in [0.15, 0.2) is 0 Å². The normalized spacial score (nSPS) is 23.2. The zero-order valence-electron chi connectivity index (χ0n) is 21.9. The molecule has 0 radical (unpaired) electrons. The summed E-state index contributed by atoms with van der Waals surface area (Å²) in [5.74, 6) is 0.0396. The average molecular weight is 530 g/mol. The molecule has 5 rings (SSSR count). The Labute approximate surface area is 224 Å². The summed E-state index contributed by atoms with van der Waals surface area (Å²) in [7, 11) is 0. The molecular weight excluding hydrogens is 493 g/mol. The molecule has 200 valence electrons. The number of anilines is 1. The number of carbonyl (C=O) groups excluding carboxylic acids is 2. The highest BCUT2D eigenvalue weighted by Crippen LogP contribution is 2.40. The number of likely N-dealkylation sites (tertiary alicyclic amines) is 1. The van der Waals surface area contributed by atoms with Crippen LogP contribution in [0.3, 0.4) is 0 Å². The third kappa shape index (κ3) is 5.97. The van der Waals surface area contributed by atoms with Gasteiger partial charge in [-0.15, -0.1) is 12.4 Å². The van der Waals surface area contributed by atoms with Gasteiger partial charge in [0, 0.05) is 80.5 Å². The van der Waals surface area contributed by atoms with Crippen LogP contribution in [0.4, 0.5) is 10.1 Å². The first-order chi connectivity index (χ1) is 17.2. The van der Waals surface area contributed by atoms with Crippen LogP contribution in [-0.2, 0) is 21.4 Å². The number of halogens is 2. The lowest BCUT2D eigenvalue weighted by Crippen LogP contribution is -2.60. The van der Waals surface area contributed by atoms with Gasteiger partial charge in [-0.2, -0.15) is 0 Å². The maximum absolute atomic E-state index is 13.7. The summed E-state index contributed by atoms with van der Waals surface area (Å²) < 4.78 is 13.3. The number of aromatic nitrogens is 1. The SMILES string of the molecule is C[C@@H]1CN(CC(=O)N2CC(C)(C)c3cnc(Cc4ccc(F)cc4)cc32)[C@@H](CN2CCCC2=O)CN1.Cl. The molecule has 1 N–H and O–H groups in total. The fourth-order valence-electron chi connectivity index (χ4n) is 5.74. The van der Waals surface area contributed by atoms with E-state index in [1.165, 1.54) is 12.1 Å². The minimum absolute atomic E-state index is 0. The van der Waals surface area contributed by atoms with E-state index < -0.39 is 0 Å². The largest absolute Gasteiger partial charge is 0.341 e. The quantitative estimate of drug-likeness (QED) is 0.622. The third-order valence-corrected chi connectivity index (χ3v) is 7.78. The summed E-state index contributed by atoms with van der Waals surface area (Å²) in [6.45, 7) is 10.4. The molecule has 2 saturated heterocycles. The molecule has 7 nitrogen and oxygen atoms in total. The van der Waals surface area contributed by atoms with Gasteiger partial charge in [0.2, 0.25) is 11.8 Å². The Kier molecular flexibility index (Phi) is 8.21. The highest BCUT2D eigenvalue weighted by molar-refractivity contribution is 5.97. The molecule has 3 aliphatic heterocycles. The number of pyridine rings is 1. The lowest BCUT2D eigenvalue weighted by Gasteiger charge is -2.41. The van der Waals surface area contributed by atoms with Crippen LogP contribution in [-0.4, -0.2) is 78.0 Å². The lowest BCUT2D eigenvalue weighted by atomic mass is 9.88. The second kappa shape index (κ2) is 11.1. The van der Waals surface area contributed by atoms with Gasteiger partial charge in [-0.1, -0.05) is 26.0 Å². The van der Waals surface area contributed by atoms with Crippen LogP contribution in [0.2, 0.25) is 0 Å². The number of hydrogen-bond donors (Lipinski definition) is 1. The van der Waals surface area contributed by atoms with E-state index in [-0.39, 0.29) is 47.5 Å². The number of rotatable bonds is 6. The standard InChI is InChI=1S/C28H36FN5O2.ClH/c1-19-15-33(23(13-30-19)16-32-10-4-5-26(32)35)17-27(36)34-18-28(2,3)24-14-31-22(12-25(24)34)11-20-6-8-21(29)9-7-20;/h6-9,12,14,19,23,30H,4-5,10-11,13,15-18H2,1-3H3;1H/t19-,23-;/m1./s1. The van der Waals surface area contributed by atoms with Crippen LogP contribution in [0.15, 0.2) is 36.5 Å². The smallest absolute Gasteiger partial charge is 0.241 e. The van der Waals surface area contributed by atoms with Crippen LogP contribution in [0, 0.1) is 5.82 Å². The molecular formula is C28H37ClFN5O2. The van der Waals surface area contributed by atoms with Gasteiger partial charge in [0.1, 0.15) is 5.82 Å². The van der Waals surface area contributed by atoms with Crippen molar-refractivity contribution in [2.45, 2.75) is 57.5 Å². The van der Waals surface area contributed by atoms with Gasteiger partial charge in [-0.3, -0.25) is 19.5 Å². The zero-order chi connectivity index (χ0) is 25.4. The second-order valence-electron chi connectivity index (χ2n) is 11.2. The maximum Gasteiger partial charge on any atom is 0.241 e. The number of amides is 2. The van der Waals surface area contributed by atoms with E-state index in [1.807, 2.05) is 22.1 Å². The highest BCUT2D eigenvalue weighted by atomic mass is 35.5. The average Bonchev–Trinajstić information content (AvgIpc) is 3.36. The van der Waals surface area contributed by atoms with E-state index in [2.05, 4.69) is 36.0 Å². The number of benzene rings is 1. The van der Waals surface area contributed by atoms with Gasteiger partial charge in [-0.05, 0) is 37.1 Å². The van der Waals surface area contributed by atoms with Crippen LogP contribution < -0.4 is 10.2 Å². The van der Waals surface area contributed by atoms with Crippen molar-refractivity contribution in [1.29, 1.82) is 0 Å². The number of nitrogens with one attached hydrogen (secondary N) is 1. The molecule has 2 fully saturated rings. The number of piperazine rings is 1. The number of carbonyl (C=O) groups is 2. The molecule has 1 aromatic heterocycles. The molecule has 4 heterocycles. The summed E-state index contributed by atoms with van der Waals surface area (Å²) in [6, 6.07) is 8.89. The van der Waals surface area contributed by atoms with Crippen LogP contribution in [0.5, 0.6) is 0 Å². The van der Waals surface area contributed by atoms with Crippen molar-refractivity contribution in [3.63, 3.8) is 0 Å². The fourth-order valence-corrected chi connectivity index (χ4v) is 5.74. The molecule has 0 unspecified atom stereocenters. The van der Waals surface area contributed by atoms with Crippen molar-refractivity contribution in [2.75, 3.05) is 44.2 Å². The Morgan fingerprint density at radius 1 is 1.24 bits per heavy atom. The van der Waals surface area contributed by atoms with Crippen LogP contribution >= 0.6 is 12.4 Å². The van der Waals surface area contributed by atoms with E-state index >= 15 is 0 Å². The number of fused-ring (bicyclic) bond motifs is 1. The molecule has 0 bridgehead atoms. The highest BCUT2D eigenvalue weighted by Gasteiger charge is 2.40. The Morgan fingerprint density at radius 3 is 2.70 bits per heavy atom. The summed E-state index contributed by atoms with van der Waals surface area (Å²) >= 11 is 0. The molecule has 1 aromatic carbocycles. The third-order valence-electron chi connectivity index (χ3n) is 7.78. The Balaban J connectivity index is 0.00000320. The molecule has 0 spiro atoms. The molecule has 9 heteroatoms. The van der Waals surface area contributed by atoms with E-state index in [4.69, 9.17) is 0 Å². The first-order valence-electron chi connectivity index (χ1n) is 13.0. The van der Waals surface area contributed by atoms with Gasteiger partial charge in [0.05, 0.1) is 12.2 Å². The zero-order valence-corrected chi connectivity index (χ0v) is 22.7. The van der Waals surface area contributed by atoms with Gasteiger partial charge < -0.3 is 15.1 Å². The van der Waals surface area contributed by atoms with Gasteiger partial charge in [-0.25, -0.2) is 4.39 Å². The maximum atomic E-state index is 13.7. The van der Waals surface area contributed by atoms with Crippen molar-refractivity contribution in [2.24, 2.45) is 0 Å². The Hall–Kier alpha value is -2.55. The van der Waals surface area contributed by atoms with Crippen LogP contribution in [0.25, 0.3) is 0 Å². The molecule has 2 atom stereocenters. The Bertz CT molecular complexity index is 1140. The van der Waals surface area contributed by atoms with E-state index in [0.717, 1.165) is 48.6 Å². The molecule has 37 heavy (non-hydrogen) atoms. The summed E-state index contributed by atoms with van der Waals surface area (Å²) in [5, 5.41) is 3.52. The van der Waals surface area contributed by atoms with Gasteiger partial charge >= 0.3 is 0 Å². The monoisotopic (exact) mass is 529 g/mol. The molecule has 0 aliphatic carbocycles. The van der Waals surface area contributed by atoms with Crippen molar-refractivity contribution in [1.82, 2.24) is 20.1 Å². The van der Waals surface area contributed by atoms with Crippen molar-refractivity contribution < 1.29 is 14.0 Å². The predicted octanol–water partition coefficient (Wildman–Crippen LogP) is 3.14. The minimum Gasteiger partial charge on any atom is -0.341 e. The lowest BCUT2D eigenvalue weighted by molar-refractivity contribution is -0.128. The summed E-state index contributed by atoms with van der Waals surface area (Å²) in [6.07, 6.45) is 4.03. The van der Waals surface area contributed by atoms with Gasteiger partial charge in [0.25, 0.3) is 0 Å². The number of hydrogen-bond acceptors (Lipinski definition) is 5. The molecule has 3 aliphatic rings. The molecule has 2 amide bonds. The Morgan fingerprint density at radius 2 is 2.00 bits per heavy atom. The molecule has 0 saturated carbocycles. The second-order valence-corrected chi connectivity index (χ2v) is 11.2. The topological polar surface area (TPSA) is 68.8 Å². The first kappa shape index (κ1) is 27.5. The van der Waals surface area contributed by atoms with Crippen molar-refractivity contribution >= 4 is 29.9 Å². The van der Waals surface area contributed by atoms with E-state index in [9.17, 15) is 14.0 Å². The van der Waals surface area contributed by atoms with E-state index in [0.29, 0.717) is 32.5 Å². The summed E-state index contributed by atoms with van der Waals surface area (Å²) in [4.78, 5) is 36.8. The minimum atomic E-state index is -0.256. The summed E-state index contributed by atoms with van der Waals surface area (Å²) in [5.41, 5.74) is 3.65. The predicted molar refractivity (Wildman–Crippen MR) is 145 cm³/mol. The molecule has 2 aromatic rings. The number of nitrogens with zero attached hydrogens (tertiary/aromatic N) is 4. The van der Waals surface area contributed by atoms with Crippen LogP contribution in [0.1, 0.15) is 50.4 Å². The fraction of sp³-hybridized carbons (Fsp3) is 0.536. The van der Waals surface area contributed by atoms with Crippen molar-refractivity contribution in [3.05, 3.63) is 59.2 Å². The van der Waals surface area contributed by atoms with E-state index in [1.54, 1.807) is 12.1 Å². The van der Waals surface area contributed by atoms with Crippen molar-refractivity contribution in [3.8, 4) is 0 Å².